The van der Waals surface area contributed by atoms with E-state index in [0.29, 0.717) is 12.8 Å². The molecule has 0 spiro atoms. The molecule has 26 heavy (non-hydrogen) atoms. The molecule has 0 saturated heterocycles. The Hall–Kier alpha value is -2.58. The van der Waals surface area contributed by atoms with E-state index in [1.807, 2.05) is 0 Å². The minimum Gasteiger partial charge on any atom is -0.481 e. The van der Waals surface area contributed by atoms with Crippen LogP contribution in [-0.4, -0.2) is 35.0 Å². The van der Waals surface area contributed by atoms with E-state index in [2.05, 4.69) is 10.6 Å². The van der Waals surface area contributed by atoms with Gasteiger partial charge in [-0.15, -0.1) is 0 Å². The summed E-state index contributed by atoms with van der Waals surface area (Å²) in [5.74, 6) is -2.33. The first-order chi connectivity index (χ1) is 12.0. The van der Waals surface area contributed by atoms with Crippen LogP contribution in [0, 0.1) is 0 Å². The Morgan fingerprint density at radius 2 is 1.58 bits per heavy atom. The third kappa shape index (κ3) is 6.05. The van der Waals surface area contributed by atoms with Gasteiger partial charge in [-0.25, -0.2) is 0 Å². The number of hydrogen-bond acceptors (Lipinski definition) is 3. The number of carbonyl (C=O) groups excluding carboxylic acids is 2. The van der Waals surface area contributed by atoms with Crippen LogP contribution >= 0.6 is 0 Å². The maximum absolute atomic E-state index is 12.5. The molecule has 2 amide bonds. The first-order valence-electron chi connectivity index (χ1n) is 8.01. The molecule has 1 rings (SSSR count). The Kier molecular flexibility index (Phi) is 7.17. The van der Waals surface area contributed by atoms with Crippen molar-refractivity contribution in [3.8, 4) is 0 Å². The van der Waals surface area contributed by atoms with Crippen LogP contribution in [0.15, 0.2) is 24.3 Å². The number of amides is 2. The predicted octanol–water partition coefficient (Wildman–Crippen LogP) is 2.58. The second-order valence-electron chi connectivity index (χ2n) is 5.86. The highest BCUT2D eigenvalue weighted by Gasteiger charge is 2.31. The molecule has 6 nitrogen and oxygen atoms in total. The van der Waals surface area contributed by atoms with E-state index in [1.165, 1.54) is 0 Å². The summed E-state index contributed by atoms with van der Waals surface area (Å²) in [6.07, 6.45) is -3.95. The molecular weight excluding hydrogens is 353 g/mol. The molecule has 1 aromatic rings. The topological polar surface area (TPSA) is 95.5 Å². The zero-order chi connectivity index (χ0) is 20.0. The number of halogens is 3. The van der Waals surface area contributed by atoms with Crippen molar-refractivity contribution in [1.29, 1.82) is 0 Å². The number of rotatable bonds is 8. The van der Waals surface area contributed by atoms with Gasteiger partial charge in [-0.3, -0.25) is 14.4 Å². The lowest BCUT2D eigenvalue weighted by Gasteiger charge is -2.31. The van der Waals surface area contributed by atoms with E-state index >= 15 is 0 Å². The van der Waals surface area contributed by atoms with Gasteiger partial charge in [-0.2, -0.15) is 13.2 Å². The van der Waals surface area contributed by atoms with Crippen LogP contribution < -0.4 is 10.6 Å². The Balaban J connectivity index is 2.66. The highest BCUT2D eigenvalue weighted by molar-refractivity contribution is 5.96. The summed E-state index contributed by atoms with van der Waals surface area (Å²) < 4.78 is 37.5. The number of nitrogens with one attached hydrogen (secondary N) is 2. The molecule has 0 heterocycles. The summed E-state index contributed by atoms with van der Waals surface area (Å²) in [5, 5.41) is 13.9. The number of hydrogen-bond donors (Lipinski definition) is 3. The predicted molar refractivity (Wildman–Crippen MR) is 87.5 cm³/mol. The molecule has 0 aliphatic rings. The minimum absolute atomic E-state index is 0.0198. The number of carboxylic acid groups (broad SMARTS) is 1. The van der Waals surface area contributed by atoms with Gasteiger partial charge in [-0.1, -0.05) is 13.8 Å². The molecule has 0 aliphatic carbocycles. The molecule has 0 fully saturated rings. The summed E-state index contributed by atoms with van der Waals surface area (Å²) in [4.78, 5) is 34.9. The fourth-order valence-electron chi connectivity index (χ4n) is 2.42. The summed E-state index contributed by atoms with van der Waals surface area (Å²) in [6.45, 7) is 3.07. The molecule has 3 N–H and O–H groups in total. The standard InChI is InChI=1S/C17H21F3N2O4/c1-3-16(4-2,9-14(24)25)22-13(23)10-21-15(26)11-5-7-12(8-6-11)17(18,19)20/h5-8H,3-4,9-10H2,1-2H3,(H,21,26)(H,22,23)(H,24,25). The zero-order valence-corrected chi connectivity index (χ0v) is 14.4. The number of alkyl halides is 3. The van der Waals surface area contributed by atoms with E-state index in [0.717, 1.165) is 24.3 Å². The van der Waals surface area contributed by atoms with Gasteiger partial charge in [0.15, 0.2) is 0 Å². The van der Waals surface area contributed by atoms with Crippen LogP contribution in [0.1, 0.15) is 49.0 Å². The van der Waals surface area contributed by atoms with Gasteiger partial charge < -0.3 is 15.7 Å². The Labute approximate surface area is 148 Å². The fraction of sp³-hybridized carbons (Fsp3) is 0.471. The van der Waals surface area contributed by atoms with Crippen molar-refractivity contribution in [3.05, 3.63) is 35.4 Å². The van der Waals surface area contributed by atoms with Gasteiger partial charge in [0.1, 0.15) is 0 Å². The highest BCUT2D eigenvalue weighted by atomic mass is 19.4. The van der Waals surface area contributed by atoms with Crippen molar-refractivity contribution in [2.75, 3.05) is 6.54 Å². The Morgan fingerprint density at radius 3 is 2.00 bits per heavy atom. The van der Waals surface area contributed by atoms with Crippen molar-refractivity contribution in [2.45, 2.75) is 44.8 Å². The zero-order valence-electron chi connectivity index (χ0n) is 14.4. The molecule has 1 aromatic carbocycles. The van der Waals surface area contributed by atoms with Crippen molar-refractivity contribution >= 4 is 17.8 Å². The Morgan fingerprint density at radius 1 is 1.04 bits per heavy atom. The van der Waals surface area contributed by atoms with Crippen molar-refractivity contribution < 1.29 is 32.7 Å². The summed E-state index contributed by atoms with van der Waals surface area (Å²) in [6, 6.07) is 3.59. The van der Waals surface area contributed by atoms with E-state index < -0.39 is 41.6 Å². The molecule has 0 radical (unpaired) electrons. The van der Waals surface area contributed by atoms with Gasteiger partial charge in [-0.05, 0) is 37.1 Å². The van der Waals surface area contributed by atoms with Crippen LogP contribution in [0.5, 0.6) is 0 Å². The average molecular weight is 374 g/mol. The van der Waals surface area contributed by atoms with Crippen molar-refractivity contribution in [2.24, 2.45) is 0 Å². The number of carboxylic acids is 1. The van der Waals surface area contributed by atoms with Gasteiger partial charge in [0, 0.05) is 5.56 Å². The molecule has 0 aliphatic heterocycles. The van der Waals surface area contributed by atoms with Gasteiger partial charge >= 0.3 is 12.1 Å². The third-order valence-electron chi connectivity index (χ3n) is 4.13. The van der Waals surface area contributed by atoms with E-state index in [9.17, 15) is 27.6 Å². The Bertz CT molecular complexity index is 653. The van der Waals surface area contributed by atoms with Crippen molar-refractivity contribution in [3.63, 3.8) is 0 Å². The van der Waals surface area contributed by atoms with Gasteiger partial charge in [0.05, 0.1) is 24.1 Å². The van der Waals surface area contributed by atoms with E-state index in [-0.39, 0.29) is 12.0 Å². The van der Waals surface area contributed by atoms with Gasteiger partial charge in [0.2, 0.25) is 5.91 Å². The summed E-state index contributed by atoms with van der Waals surface area (Å²) in [7, 11) is 0. The second-order valence-corrected chi connectivity index (χ2v) is 5.86. The maximum atomic E-state index is 12.5. The largest absolute Gasteiger partial charge is 0.481 e. The molecule has 0 unspecified atom stereocenters. The lowest BCUT2D eigenvalue weighted by Crippen LogP contribution is -2.52. The normalized spacial score (nSPS) is 11.7. The maximum Gasteiger partial charge on any atom is 0.416 e. The summed E-state index contributed by atoms with van der Waals surface area (Å²) in [5.41, 5.74) is -1.81. The molecule has 9 heteroatoms. The summed E-state index contributed by atoms with van der Waals surface area (Å²) >= 11 is 0. The molecular formula is C17H21F3N2O4. The van der Waals surface area contributed by atoms with Crippen LogP contribution in [0.2, 0.25) is 0 Å². The van der Waals surface area contributed by atoms with Crippen LogP contribution in [0.3, 0.4) is 0 Å². The second kappa shape index (κ2) is 8.68. The number of carbonyl (C=O) groups is 3. The average Bonchev–Trinajstić information content (AvgIpc) is 2.58. The minimum atomic E-state index is -4.50. The first kappa shape index (κ1) is 21.5. The monoisotopic (exact) mass is 374 g/mol. The van der Waals surface area contributed by atoms with E-state index in [4.69, 9.17) is 5.11 Å². The highest BCUT2D eigenvalue weighted by Crippen LogP contribution is 2.29. The quantitative estimate of drug-likeness (QED) is 0.652. The van der Waals surface area contributed by atoms with E-state index in [1.54, 1.807) is 13.8 Å². The molecule has 0 bridgehead atoms. The molecule has 0 aromatic heterocycles. The molecule has 0 atom stereocenters. The number of benzene rings is 1. The van der Waals surface area contributed by atoms with Crippen molar-refractivity contribution in [1.82, 2.24) is 10.6 Å². The first-order valence-corrected chi connectivity index (χ1v) is 8.01. The molecule has 144 valence electrons. The SMILES string of the molecule is CCC(CC)(CC(=O)O)NC(=O)CNC(=O)c1ccc(C(F)(F)F)cc1. The van der Waals surface area contributed by atoms with Crippen LogP contribution in [-0.2, 0) is 15.8 Å². The van der Waals surface area contributed by atoms with Crippen LogP contribution in [0.25, 0.3) is 0 Å². The third-order valence-corrected chi connectivity index (χ3v) is 4.13. The van der Waals surface area contributed by atoms with Crippen LogP contribution in [0.4, 0.5) is 13.2 Å². The lowest BCUT2D eigenvalue weighted by atomic mass is 9.89. The van der Waals surface area contributed by atoms with Gasteiger partial charge in [0.25, 0.3) is 5.91 Å². The fourth-order valence-corrected chi connectivity index (χ4v) is 2.42. The molecule has 0 saturated carbocycles. The number of aliphatic carboxylic acids is 1. The lowest BCUT2D eigenvalue weighted by molar-refractivity contribution is -0.139. The smallest absolute Gasteiger partial charge is 0.416 e.